The summed E-state index contributed by atoms with van der Waals surface area (Å²) in [5, 5.41) is 13.5. The van der Waals surface area contributed by atoms with Crippen LogP contribution in [0.3, 0.4) is 0 Å². The molecule has 41 heavy (non-hydrogen) atoms. The number of aryl methyl sites for hydroxylation is 1. The number of amides is 2. The van der Waals surface area contributed by atoms with Crippen LogP contribution in [0.1, 0.15) is 40.8 Å². The smallest absolute Gasteiger partial charge is 0.340 e. The molecule has 0 bridgehead atoms. The topological polar surface area (TPSA) is 166 Å². The molecule has 0 radical (unpaired) electrons. The van der Waals surface area contributed by atoms with Gasteiger partial charge in [-0.05, 0) is 43.5 Å². The Bertz CT molecular complexity index is 1640. The summed E-state index contributed by atoms with van der Waals surface area (Å²) in [6, 6.07) is 4.62. The fourth-order valence-corrected chi connectivity index (χ4v) is 5.26. The average molecular weight is 568 g/mol. The zero-order valence-corrected chi connectivity index (χ0v) is 22.7. The fraction of sp³-hybridized carbons (Fsp3) is 0.393. The van der Waals surface area contributed by atoms with E-state index in [1.165, 1.54) is 10.6 Å². The molecule has 2 aliphatic heterocycles. The van der Waals surface area contributed by atoms with Gasteiger partial charge in [0, 0.05) is 35.7 Å². The third-order valence-corrected chi connectivity index (χ3v) is 7.50. The van der Waals surface area contributed by atoms with E-state index < -0.39 is 29.4 Å². The van der Waals surface area contributed by atoms with E-state index in [0.29, 0.717) is 47.4 Å². The molecule has 0 aliphatic carbocycles. The molecule has 0 spiro atoms. The van der Waals surface area contributed by atoms with Crippen molar-refractivity contribution in [1.82, 2.24) is 19.8 Å². The number of benzene rings is 1. The normalized spacial score (nSPS) is 15.2. The van der Waals surface area contributed by atoms with Crippen molar-refractivity contribution in [2.24, 2.45) is 5.73 Å². The lowest BCUT2D eigenvalue weighted by atomic mass is 9.96. The van der Waals surface area contributed by atoms with Crippen LogP contribution in [0, 0.1) is 12.7 Å². The fourth-order valence-electron chi connectivity index (χ4n) is 5.26. The van der Waals surface area contributed by atoms with Crippen LogP contribution in [0.25, 0.3) is 22.3 Å². The zero-order chi connectivity index (χ0) is 29.4. The number of aliphatic hydroxyl groups is 1. The van der Waals surface area contributed by atoms with Crippen LogP contribution in [0.15, 0.2) is 23.0 Å². The van der Waals surface area contributed by atoms with E-state index in [9.17, 15) is 28.7 Å². The minimum Gasteiger partial charge on any atom is -0.458 e. The largest absolute Gasteiger partial charge is 0.458 e. The molecule has 0 unspecified atom stereocenters. The Balaban J connectivity index is 1.49. The molecule has 0 saturated heterocycles. The number of likely N-dealkylation sites (N-methyl/N-ethyl adjacent to an activating group) is 1. The Labute approximate surface area is 233 Å². The van der Waals surface area contributed by atoms with Crippen LogP contribution in [-0.2, 0) is 43.4 Å². The van der Waals surface area contributed by atoms with Crippen molar-refractivity contribution in [2.45, 2.75) is 39.5 Å². The molecule has 12 nitrogen and oxygen atoms in total. The van der Waals surface area contributed by atoms with Gasteiger partial charge in [0.05, 0.1) is 35.6 Å². The molecule has 4 N–H and O–H groups in total. The molecule has 0 saturated carbocycles. The molecule has 13 heteroatoms. The lowest BCUT2D eigenvalue weighted by molar-refractivity contribution is -0.157. The average Bonchev–Trinajstić information content (AvgIpc) is 3.32. The summed E-state index contributed by atoms with van der Waals surface area (Å²) in [6.07, 6.45) is -1.21. The van der Waals surface area contributed by atoms with Crippen molar-refractivity contribution in [3.63, 3.8) is 0 Å². The minimum absolute atomic E-state index is 0.144. The van der Waals surface area contributed by atoms with Gasteiger partial charge >= 0.3 is 5.97 Å². The molecule has 1 atom stereocenters. The molecule has 0 fully saturated rings. The van der Waals surface area contributed by atoms with Crippen molar-refractivity contribution in [3.8, 4) is 11.4 Å². The SMILES string of the molecule is CCN(CCc1c2c(nc3cc(F)c(C)cc13)-c1cc3c(c(=O)n1C2)COC(=O)[C@H]3O)C(=O)COCNC(=O)CN. The number of fused-ring (bicyclic) bond motifs is 5. The number of halogens is 1. The molecule has 4 heterocycles. The first-order valence-corrected chi connectivity index (χ1v) is 13.2. The highest BCUT2D eigenvalue weighted by Crippen LogP contribution is 2.38. The number of aliphatic hydroxyl groups excluding tert-OH is 1. The summed E-state index contributed by atoms with van der Waals surface area (Å²) >= 11 is 0. The quantitative estimate of drug-likeness (QED) is 0.147. The van der Waals surface area contributed by atoms with Crippen molar-refractivity contribution < 1.29 is 33.4 Å². The molecule has 1 aromatic carbocycles. The van der Waals surface area contributed by atoms with Crippen LogP contribution < -0.4 is 16.6 Å². The first kappa shape index (κ1) is 28.3. The first-order chi connectivity index (χ1) is 19.6. The van der Waals surface area contributed by atoms with Gasteiger partial charge < -0.3 is 35.1 Å². The predicted molar refractivity (Wildman–Crippen MR) is 144 cm³/mol. The lowest BCUT2D eigenvalue weighted by Crippen LogP contribution is -2.38. The van der Waals surface area contributed by atoms with Gasteiger partial charge in [-0.15, -0.1) is 0 Å². The summed E-state index contributed by atoms with van der Waals surface area (Å²) in [5.41, 5.74) is 8.45. The van der Waals surface area contributed by atoms with Gasteiger partial charge in [0.2, 0.25) is 11.8 Å². The Morgan fingerprint density at radius 2 is 2.07 bits per heavy atom. The second-order valence-corrected chi connectivity index (χ2v) is 9.92. The van der Waals surface area contributed by atoms with E-state index in [0.717, 1.165) is 11.1 Å². The number of aromatic nitrogens is 2. The van der Waals surface area contributed by atoms with Gasteiger partial charge in [0.25, 0.3) is 5.56 Å². The van der Waals surface area contributed by atoms with Crippen molar-refractivity contribution in [1.29, 1.82) is 0 Å². The number of carbonyl (C=O) groups is 3. The third kappa shape index (κ3) is 5.19. The number of nitrogens with zero attached hydrogens (tertiary/aromatic N) is 3. The van der Waals surface area contributed by atoms with Gasteiger partial charge in [-0.1, -0.05) is 0 Å². The molecular weight excluding hydrogens is 537 g/mol. The van der Waals surface area contributed by atoms with Gasteiger partial charge in [-0.2, -0.15) is 0 Å². The summed E-state index contributed by atoms with van der Waals surface area (Å²) < 4.78 is 26.4. The van der Waals surface area contributed by atoms with E-state index in [1.54, 1.807) is 24.0 Å². The summed E-state index contributed by atoms with van der Waals surface area (Å²) in [7, 11) is 0. The van der Waals surface area contributed by atoms with Gasteiger partial charge in [-0.25, -0.2) is 14.2 Å². The molecule has 2 aliphatic rings. The number of ether oxygens (including phenoxy) is 2. The Kier molecular flexibility index (Phi) is 7.84. The highest BCUT2D eigenvalue weighted by Gasteiger charge is 2.35. The van der Waals surface area contributed by atoms with Gasteiger partial charge in [-0.3, -0.25) is 14.4 Å². The number of pyridine rings is 2. The number of nitrogens with one attached hydrogen (secondary N) is 1. The maximum Gasteiger partial charge on any atom is 0.340 e. The van der Waals surface area contributed by atoms with Crippen LogP contribution >= 0.6 is 0 Å². The van der Waals surface area contributed by atoms with Gasteiger partial charge in [0.1, 0.15) is 25.8 Å². The molecule has 3 aromatic rings. The highest BCUT2D eigenvalue weighted by molar-refractivity contribution is 5.89. The maximum absolute atomic E-state index is 14.6. The number of nitrogens with two attached hydrogens (primary N) is 1. The van der Waals surface area contributed by atoms with Crippen LogP contribution in [0.4, 0.5) is 4.39 Å². The van der Waals surface area contributed by atoms with E-state index >= 15 is 0 Å². The van der Waals surface area contributed by atoms with E-state index in [1.807, 2.05) is 6.92 Å². The van der Waals surface area contributed by atoms with Crippen molar-refractivity contribution in [3.05, 3.63) is 62.2 Å². The molecule has 2 aromatic heterocycles. The number of hydrogen-bond acceptors (Lipinski definition) is 9. The van der Waals surface area contributed by atoms with E-state index in [2.05, 4.69) is 5.32 Å². The monoisotopic (exact) mass is 567 g/mol. The first-order valence-electron chi connectivity index (χ1n) is 13.2. The predicted octanol–water partition coefficient (Wildman–Crippen LogP) is 0.403. The number of hydrogen-bond donors (Lipinski definition) is 3. The molecule has 216 valence electrons. The zero-order valence-electron chi connectivity index (χ0n) is 22.7. The Morgan fingerprint density at radius 3 is 2.80 bits per heavy atom. The number of cyclic esters (lactones) is 1. The molecule has 2 amide bonds. The van der Waals surface area contributed by atoms with Crippen molar-refractivity contribution in [2.75, 3.05) is 33.0 Å². The summed E-state index contributed by atoms with van der Waals surface area (Å²) in [4.78, 5) is 55.8. The second-order valence-electron chi connectivity index (χ2n) is 9.92. The maximum atomic E-state index is 14.6. The van der Waals surface area contributed by atoms with Crippen molar-refractivity contribution >= 4 is 28.7 Å². The van der Waals surface area contributed by atoms with Crippen LogP contribution in [0.2, 0.25) is 0 Å². The van der Waals surface area contributed by atoms with E-state index in [-0.39, 0.29) is 50.1 Å². The summed E-state index contributed by atoms with van der Waals surface area (Å²) in [6.45, 7) is 3.56. The molecule has 5 rings (SSSR count). The van der Waals surface area contributed by atoms with Crippen LogP contribution in [-0.4, -0.2) is 70.3 Å². The number of rotatable bonds is 9. The third-order valence-electron chi connectivity index (χ3n) is 7.50. The minimum atomic E-state index is -1.59. The number of esters is 1. The van der Waals surface area contributed by atoms with E-state index in [4.69, 9.17) is 20.2 Å². The second kappa shape index (κ2) is 11.4. The Morgan fingerprint density at radius 1 is 1.29 bits per heavy atom. The standard InChI is InChI=1S/C28H30FN5O7/c1-3-33(24(36)12-40-13-31-23(35)9-30)5-4-15-16-6-14(2)20(29)8-21(16)32-25-18(15)10-34-22(25)7-17-19(27(34)38)11-41-28(39)26(17)37/h6-8,26,37H,3-5,9-13,30H2,1-2H3,(H,31,35)/t26-/m0/s1. The lowest BCUT2D eigenvalue weighted by Gasteiger charge is -2.22. The summed E-state index contributed by atoms with van der Waals surface area (Å²) in [5.74, 6) is -1.94. The molecular formula is C28H30FN5O7. The number of carbonyl (C=O) groups excluding carboxylic acids is 3. The van der Waals surface area contributed by atoms with Gasteiger partial charge in [0.15, 0.2) is 6.10 Å². The van der Waals surface area contributed by atoms with Crippen LogP contribution in [0.5, 0.6) is 0 Å². The Hall–Kier alpha value is -4.20. The highest BCUT2D eigenvalue weighted by atomic mass is 19.1.